The smallest absolute Gasteiger partial charge is 0.255 e. The van der Waals surface area contributed by atoms with E-state index in [1.165, 1.54) is 31.5 Å². The second kappa shape index (κ2) is 9.01. The number of anilines is 1. The van der Waals surface area contributed by atoms with Crippen molar-refractivity contribution in [2.45, 2.75) is 26.3 Å². The summed E-state index contributed by atoms with van der Waals surface area (Å²) in [4.78, 5) is 20.1. The van der Waals surface area contributed by atoms with E-state index < -0.39 is 0 Å². The number of fused-ring (bicyclic) bond motifs is 2. The highest BCUT2D eigenvalue weighted by molar-refractivity contribution is 6.05. The number of para-hydroxylation sites is 1. The third kappa shape index (κ3) is 4.43. The van der Waals surface area contributed by atoms with E-state index in [0.717, 1.165) is 51.0 Å². The highest BCUT2D eigenvalue weighted by Gasteiger charge is 2.14. The van der Waals surface area contributed by atoms with Crippen LogP contribution in [0.4, 0.5) is 5.69 Å². The number of aryl methyl sites for hydroxylation is 1. The second-order valence-electron chi connectivity index (χ2n) is 9.37. The Hall–Kier alpha value is -3.96. The SMILES string of the molecule is Cc1cc2cc(CN3CCCC3)cnc2cc1NC(=O)c1ccc(-c2cc3ccccc3o2)cc1. The lowest BCUT2D eigenvalue weighted by atomic mass is 10.1. The maximum absolute atomic E-state index is 13.0. The van der Waals surface area contributed by atoms with Gasteiger partial charge in [0.05, 0.1) is 5.52 Å². The van der Waals surface area contributed by atoms with Gasteiger partial charge in [0.1, 0.15) is 11.3 Å². The van der Waals surface area contributed by atoms with Gasteiger partial charge in [-0.1, -0.05) is 30.3 Å². The van der Waals surface area contributed by atoms with Gasteiger partial charge in [-0.05, 0) is 86.4 Å². The molecule has 5 nitrogen and oxygen atoms in total. The summed E-state index contributed by atoms with van der Waals surface area (Å²) in [6, 6.07) is 23.7. The molecule has 0 unspecified atom stereocenters. The lowest BCUT2D eigenvalue weighted by Gasteiger charge is -2.15. The van der Waals surface area contributed by atoms with E-state index in [1.54, 1.807) is 0 Å². The lowest BCUT2D eigenvalue weighted by molar-refractivity contribution is 0.102. The molecule has 3 heterocycles. The Kier molecular flexibility index (Phi) is 5.55. The molecule has 1 N–H and O–H groups in total. The first kappa shape index (κ1) is 21.6. The number of hydrogen-bond donors (Lipinski definition) is 1. The Morgan fingerprint density at radius 1 is 0.971 bits per heavy atom. The van der Waals surface area contributed by atoms with E-state index in [-0.39, 0.29) is 5.91 Å². The number of nitrogens with one attached hydrogen (secondary N) is 1. The van der Waals surface area contributed by atoms with E-state index in [2.05, 4.69) is 27.3 Å². The van der Waals surface area contributed by atoms with Gasteiger partial charge in [0.2, 0.25) is 0 Å². The minimum atomic E-state index is -0.144. The average Bonchev–Trinajstić information content (AvgIpc) is 3.54. The van der Waals surface area contributed by atoms with Gasteiger partial charge in [-0.15, -0.1) is 0 Å². The molecule has 0 bridgehead atoms. The summed E-state index contributed by atoms with van der Waals surface area (Å²) in [5.41, 5.74) is 6.31. The Balaban J connectivity index is 1.19. The predicted octanol–water partition coefficient (Wildman–Crippen LogP) is 6.80. The van der Waals surface area contributed by atoms with Crippen LogP contribution in [0, 0.1) is 6.92 Å². The normalized spacial score (nSPS) is 14.1. The summed E-state index contributed by atoms with van der Waals surface area (Å²) >= 11 is 0. The molecule has 2 aromatic heterocycles. The molecule has 0 atom stereocenters. The van der Waals surface area contributed by atoms with Gasteiger partial charge in [-0.25, -0.2) is 0 Å². The molecule has 0 saturated carbocycles. The monoisotopic (exact) mass is 461 g/mol. The van der Waals surface area contributed by atoms with Crippen LogP contribution in [0.1, 0.15) is 34.3 Å². The first-order chi connectivity index (χ1) is 17.1. The lowest BCUT2D eigenvalue weighted by Crippen LogP contribution is -2.18. The van der Waals surface area contributed by atoms with Gasteiger partial charge in [-0.2, -0.15) is 0 Å². The number of furan rings is 1. The van der Waals surface area contributed by atoms with Crippen molar-refractivity contribution in [1.29, 1.82) is 0 Å². The van der Waals surface area contributed by atoms with Crippen molar-refractivity contribution < 1.29 is 9.21 Å². The van der Waals surface area contributed by atoms with Crippen LogP contribution < -0.4 is 5.32 Å². The van der Waals surface area contributed by atoms with Crippen molar-refractivity contribution >= 4 is 33.5 Å². The first-order valence-electron chi connectivity index (χ1n) is 12.1. The first-order valence-corrected chi connectivity index (χ1v) is 12.1. The maximum atomic E-state index is 13.0. The summed E-state index contributed by atoms with van der Waals surface area (Å²) in [5, 5.41) is 5.23. The van der Waals surface area contributed by atoms with Crippen molar-refractivity contribution in [3.63, 3.8) is 0 Å². The summed E-state index contributed by atoms with van der Waals surface area (Å²) < 4.78 is 5.94. The Bertz CT molecular complexity index is 1500. The zero-order valence-electron chi connectivity index (χ0n) is 19.8. The molecule has 1 aliphatic heterocycles. The standard InChI is InChI=1S/C30H27N3O2/c1-20-14-25-15-21(19-33-12-4-5-13-33)18-31-27(25)17-26(20)32-30(34)23-10-8-22(9-11-23)29-16-24-6-2-3-7-28(24)35-29/h2-3,6-11,14-18H,4-5,12-13,19H2,1H3,(H,32,34). The molecule has 0 aliphatic carbocycles. The van der Waals surface area contributed by atoms with Crippen molar-refractivity contribution in [3.05, 3.63) is 95.7 Å². The summed E-state index contributed by atoms with van der Waals surface area (Å²) in [6.07, 6.45) is 4.52. The molecule has 3 aromatic carbocycles. The molecule has 1 amide bonds. The molecule has 174 valence electrons. The van der Waals surface area contributed by atoms with E-state index in [1.807, 2.05) is 73.8 Å². The zero-order chi connectivity index (χ0) is 23.8. The molecule has 5 aromatic rings. The number of pyridine rings is 1. The van der Waals surface area contributed by atoms with Crippen molar-refractivity contribution in [2.24, 2.45) is 0 Å². The number of nitrogens with zero attached hydrogens (tertiary/aromatic N) is 2. The van der Waals surface area contributed by atoms with Crippen molar-refractivity contribution in [3.8, 4) is 11.3 Å². The minimum Gasteiger partial charge on any atom is -0.456 e. The molecule has 35 heavy (non-hydrogen) atoms. The van der Waals surface area contributed by atoms with Gasteiger partial charge in [0, 0.05) is 40.3 Å². The fraction of sp³-hybridized carbons (Fsp3) is 0.200. The number of carbonyl (C=O) groups excluding carboxylic acids is 1. The van der Waals surface area contributed by atoms with Gasteiger partial charge in [0.25, 0.3) is 5.91 Å². The maximum Gasteiger partial charge on any atom is 0.255 e. The number of hydrogen-bond acceptors (Lipinski definition) is 4. The third-order valence-corrected chi connectivity index (χ3v) is 6.79. The van der Waals surface area contributed by atoms with Crippen LogP contribution in [0.3, 0.4) is 0 Å². The van der Waals surface area contributed by atoms with Gasteiger partial charge in [0.15, 0.2) is 0 Å². The van der Waals surface area contributed by atoms with E-state index in [9.17, 15) is 4.79 Å². The van der Waals surface area contributed by atoms with E-state index >= 15 is 0 Å². The molecule has 1 fully saturated rings. The average molecular weight is 462 g/mol. The molecular formula is C30H27N3O2. The second-order valence-corrected chi connectivity index (χ2v) is 9.37. The van der Waals surface area contributed by atoms with Gasteiger partial charge >= 0.3 is 0 Å². The molecule has 1 aliphatic rings. The summed E-state index contributed by atoms with van der Waals surface area (Å²) in [5.74, 6) is 0.646. The van der Waals surface area contributed by atoms with Crippen LogP contribution in [0.2, 0.25) is 0 Å². The number of rotatable bonds is 5. The zero-order valence-corrected chi connectivity index (χ0v) is 19.8. The molecule has 1 saturated heterocycles. The summed E-state index contributed by atoms with van der Waals surface area (Å²) in [7, 11) is 0. The molecule has 0 spiro atoms. The number of amides is 1. The number of likely N-dealkylation sites (tertiary alicyclic amines) is 1. The van der Waals surface area contributed by atoms with Gasteiger partial charge < -0.3 is 9.73 Å². The van der Waals surface area contributed by atoms with Crippen molar-refractivity contribution in [2.75, 3.05) is 18.4 Å². The van der Waals surface area contributed by atoms with Crippen molar-refractivity contribution in [1.82, 2.24) is 9.88 Å². The van der Waals surface area contributed by atoms with E-state index in [4.69, 9.17) is 4.42 Å². The highest BCUT2D eigenvalue weighted by Crippen LogP contribution is 2.28. The quantitative estimate of drug-likeness (QED) is 0.313. The van der Waals surface area contributed by atoms with Gasteiger partial charge in [-0.3, -0.25) is 14.7 Å². The number of aromatic nitrogens is 1. The molecular weight excluding hydrogens is 434 g/mol. The molecule has 0 radical (unpaired) electrons. The molecule has 6 rings (SSSR count). The van der Waals surface area contributed by atoms with Crippen LogP contribution in [-0.4, -0.2) is 28.9 Å². The number of carbonyl (C=O) groups is 1. The molecule has 5 heteroatoms. The largest absolute Gasteiger partial charge is 0.456 e. The fourth-order valence-corrected chi connectivity index (χ4v) is 4.86. The van der Waals surface area contributed by atoms with Crippen LogP contribution in [0.15, 0.2) is 83.4 Å². The van der Waals surface area contributed by atoms with Crippen LogP contribution in [0.5, 0.6) is 0 Å². The third-order valence-electron chi connectivity index (χ3n) is 6.79. The predicted molar refractivity (Wildman–Crippen MR) is 141 cm³/mol. The number of benzene rings is 3. The Morgan fingerprint density at radius 3 is 2.57 bits per heavy atom. The van der Waals surface area contributed by atoms with Crippen LogP contribution in [0.25, 0.3) is 33.2 Å². The van der Waals surface area contributed by atoms with Crippen LogP contribution in [-0.2, 0) is 6.54 Å². The minimum absolute atomic E-state index is 0.144. The Labute approximate surface area is 204 Å². The summed E-state index contributed by atoms with van der Waals surface area (Å²) in [6.45, 7) is 5.31. The fourth-order valence-electron chi connectivity index (χ4n) is 4.86. The Morgan fingerprint density at radius 2 is 1.77 bits per heavy atom. The van der Waals surface area contributed by atoms with Crippen LogP contribution >= 0.6 is 0 Å². The highest BCUT2D eigenvalue weighted by atomic mass is 16.3. The topological polar surface area (TPSA) is 58.4 Å². The van der Waals surface area contributed by atoms with E-state index in [0.29, 0.717) is 5.56 Å².